The Morgan fingerprint density at radius 1 is 1.39 bits per heavy atom. The Hall–Kier alpha value is -2.63. The molecule has 0 radical (unpaired) electrons. The first-order valence-corrected chi connectivity index (χ1v) is 7.49. The van der Waals surface area contributed by atoms with Crippen molar-refractivity contribution in [3.8, 4) is 5.75 Å². The van der Waals surface area contributed by atoms with Crippen molar-refractivity contribution in [1.82, 2.24) is 15.2 Å². The summed E-state index contributed by atoms with van der Waals surface area (Å²) in [5.41, 5.74) is 1.59. The number of amides is 2. The molecule has 1 aromatic carbocycles. The van der Waals surface area contributed by atoms with E-state index in [-0.39, 0.29) is 18.7 Å². The topological polar surface area (TPSA) is 54.5 Å². The number of hydrogen-bond acceptors (Lipinski definition) is 3. The van der Waals surface area contributed by atoms with Crippen LogP contribution in [0.5, 0.6) is 5.75 Å². The molecule has 0 fully saturated rings. The third-order valence-corrected chi connectivity index (χ3v) is 3.64. The van der Waals surface area contributed by atoms with E-state index in [9.17, 15) is 9.18 Å². The zero-order valence-electron chi connectivity index (χ0n) is 12.8. The Bertz CT molecular complexity index is 690. The fourth-order valence-corrected chi connectivity index (χ4v) is 2.53. The molecule has 0 saturated carbocycles. The number of carbonyl (C=O) groups excluding carboxylic acids is 1. The number of halogens is 1. The molecule has 23 heavy (non-hydrogen) atoms. The number of nitrogens with one attached hydrogen (secondary N) is 1. The van der Waals surface area contributed by atoms with Crippen molar-refractivity contribution in [3.63, 3.8) is 0 Å². The largest absolute Gasteiger partial charge is 0.489 e. The van der Waals surface area contributed by atoms with Crippen LogP contribution < -0.4 is 10.1 Å². The number of urea groups is 1. The quantitative estimate of drug-likeness (QED) is 0.927. The molecule has 120 valence electrons. The van der Waals surface area contributed by atoms with Crippen LogP contribution in [0.1, 0.15) is 18.2 Å². The first-order chi connectivity index (χ1) is 11.1. The highest BCUT2D eigenvalue weighted by Gasteiger charge is 2.23. The monoisotopic (exact) mass is 315 g/mol. The number of pyridine rings is 1. The number of para-hydroxylation sites is 1. The second-order valence-corrected chi connectivity index (χ2v) is 5.54. The average molecular weight is 315 g/mol. The van der Waals surface area contributed by atoms with E-state index >= 15 is 0 Å². The summed E-state index contributed by atoms with van der Waals surface area (Å²) in [6, 6.07) is 10.4. The van der Waals surface area contributed by atoms with Gasteiger partial charge < -0.3 is 15.0 Å². The number of benzene rings is 1. The van der Waals surface area contributed by atoms with Gasteiger partial charge in [-0.25, -0.2) is 9.18 Å². The van der Waals surface area contributed by atoms with E-state index in [1.165, 1.54) is 6.07 Å². The van der Waals surface area contributed by atoms with Gasteiger partial charge in [0.2, 0.25) is 0 Å². The molecule has 2 aromatic rings. The maximum atomic E-state index is 12.8. The molecule has 2 heterocycles. The maximum Gasteiger partial charge on any atom is 0.318 e. The molecule has 1 aliphatic rings. The van der Waals surface area contributed by atoms with Crippen molar-refractivity contribution >= 4 is 6.03 Å². The molecule has 3 rings (SSSR count). The molecule has 0 aliphatic carbocycles. The van der Waals surface area contributed by atoms with Gasteiger partial charge in [-0.2, -0.15) is 0 Å². The van der Waals surface area contributed by atoms with Gasteiger partial charge in [-0.1, -0.05) is 18.2 Å². The number of carbonyl (C=O) groups is 1. The summed E-state index contributed by atoms with van der Waals surface area (Å²) in [6.45, 7) is 3.18. The molecule has 5 nitrogen and oxygen atoms in total. The summed E-state index contributed by atoms with van der Waals surface area (Å²) in [5, 5.41) is 2.81. The first-order valence-electron chi connectivity index (χ1n) is 7.49. The van der Waals surface area contributed by atoms with Crippen LogP contribution in [-0.4, -0.2) is 28.6 Å². The van der Waals surface area contributed by atoms with Crippen LogP contribution in [0.2, 0.25) is 0 Å². The van der Waals surface area contributed by atoms with E-state index in [2.05, 4.69) is 10.3 Å². The molecule has 0 saturated heterocycles. The predicted molar refractivity (Wildman–Crippen MR) is 83.4 cm³/mol. The smallest absolute Gasteiger partial charge is 0.318 e. The van der Waals surface area contributed by atoms with Gasteiger partial charge in [-0.05, 0) is 25.1 Å². The standard InChI is InChI=1S/C17H18FN3O2/c1-12-10-21(11-13-4-2-3-5-16(13)23-12)17(22)20-9-15-7-6-14(18)8-19-15/h2-8,12H,9-11H2,1H3,(H,20,22)/t12-/m0/s1. The fourth-order valence-electron chi connectivity index (χ4n) is 2.53. The van der Waals surface area contributed by atoms with Crippen LogP contribution in [0.25, 0.3) is 0 Å². The number of fused-ring (bicyclic) bond motifs is 1. The second kappa shape index (κ2) is 6.64. The van der Waals surface area contributed by atoms with Gasteiger partial charge in [0.25, 0.3) is 0 Å². The minimum absolute atomic E-state index is 0.0895. The molecule has 6 heteroatoms. The van der Waals surface area contributed by atoms with Crippen molar-refractivity contribution in [1.29, 1.82) is 0 Å². The van der Waals surface area contributed by atoms with Gasteiger partial charge in [-0.15, -0.1) is 0 Å². The number of aromatic nitrogens is 1. The van der Waals surface area contributed by atoms with Crippen LogP contribution in [0.15, 0.2) is 42.6 Å². The zero-order chi connectivity index (χ0) is 16.2. The van der Waals surface area contributed by atoms with Crippen molar-refractivity contribution in [2.24, 2.45) is 0 Å². The summed E-state index contributed by atoms with van der Waals surface area (Å²) in [5.74, 6) is 0.422. The van der Waals surface area contributed by atoms with E-state index in [0.717, 1.165) is 17.5 Å². The van der Waals surface area contributed by atoms with Gasteiger partial charge >= 0.3 is 6.03 Å². The van der Waals surface area contributed by atoms with E-state index in [1.54, 1.807) is 11.0 Å². The minimum atomic E-state index is -0.393. The highest BCUT2D eigenvalue weighted by Crippen LogP contribution is 2.24. The molecule has 1 aliphatic heterocycles. The summed E-state index contributed by atoms with van der Waals surface area (Å²) in [6.07, 6.45) is 1.05. The number of rotatable bonds is 2. The van der Waals surface area contributed by atoms with Gasteiger partial charge in [0, 0.05) is 5.56 Å². The van der Waals surface area contributed by atoms with Crippen LogP contribution in [0.4, 0.5) is 9.18 Å². The molecule has 1 atom stereocenters. The van der Waals surface area contributed by atoms with E-state index in [4.69, 9.17) is 4.74 Å². The highest BCUT2D eigenvalue weighted by molar-refractivity contribution is 5.74. The normalized spacial score (nSPS) is 17.0. The first kappa shape index (κ1) is 15.3. The average Bonchev–Trinajstić information content (AvgIpc) is 2.72. The molecular weight excluding hydrogens is 297 g/mol. The van der Waals surface area contributed by atoms with Gasteiger partial charge in [0.05, 0.1) is 31.5 Å². The lowest BCUT2D eigenvalue weighted by atomic mass is 10.2. The van der Waals surface area contributed by atoms with Crippen molar-refractivity contribution in [2.75, 3.05) is 6.54 Å². The summed E-state index contributed by atoms with van der Waals surface area (Å²) >= 11 is 0. The van der Waals surface area contributed by atoms with Crippen molar-refractivity contribution < 1.29 is 13.9 Å². The molecule has 0 spiro atoms. The lowest BCUT2D eigenvalue weighted by Gasteiger charge is -2.22. The lowest BCUT2D eigenvalue weighted by Crippen LogP contribution is -2.42. The van der Waals surface area contributed by atoms with Crippen LogP contribution in [-0.2, 0) is 13.1 Å². The van der Waals surface area contributed by atoms with Gasteiger partial charge in [0.15, 0.2) is 0 Å². The third-order valence-electron chi connectivity index (χ3n) is 3.64. The molecule has 1 N–H and O–H groups in total. The van der Waals surface area contributed by atoms with E-state index in [0.29, 0.717) is 18.8 Å². The summed E-state index contributed by atoms with van der Waals surface area (Å²) in [4.78, 5) is 18.0. The van der Waals surface area contributed by atoms with Crippen molar-refractivity contribution in [2.45, 2.75) is 26.1 Å². The van der Waals surface area contributed by atoms with E-state index in [1.807, 2.05) is 31.2 Å². The van der Waals surface area contributed by atoms with Crippen LogP contribution in [0.3, 0.4) is 0 Å². The Morgan fingerprint density at radius 2 is 2.22 bits per heavy atom. The number of ether oxygens (including phenoxy) is 1. The molecular formula is C17H18FN3O2. The summed E-state index contributed by atoms with van der Waals surface area (Å²) in [7, 11) is 0. The molecule has 0 bridgehead atoms. The minimum Gasteiger partial charge on any atom is -0.489 e. The fraction of sp³-hybridized carbons (Fsp3) is 0.294. The number of nitrogens with zero attached hydrogens (tertiary/aromatic N) is 2. The third kappa shape index (κ3) is 3.77. The van der Waals surface area contributed by atoms with Crippen LogP contribution >= 0.6 is 0 Å². The number of hydrogen-bond donors (Lipinski definition) is 1. The van der Waals surface area contributed by atoms with E-state index < -0.39 is 5.82 Å². The maximum absolute atomic E-state index is 12.8. The Balaban J connectivity index is 1.66. The zero-order valence-corrected chi connectivity index (χ0v) is 12.8. The Kier molecular flexibility index (Phi) is 4.41. The van der Waals surface area contributed by atoms with Gasteiger partial charge in [-0.3, -0.25) is 4.98 Å². The lowest BCUT2D eigenvalue weighted by molar-refractivity contribution is 0.158. The highest BCUT2D eigenvalue weighted by atomic mass is 19.1. The van der Waals surface area contributed by atoms with Gasteiger partial charge in [0.1, 0.15) is 17.7 Å². The second-order valence-electron chi connectivity index (χ2n) is 5.54. The Morgan fingerprint density at radius 3 is 3.00 bits per heavy atom. The van der Waals surface area contributed by atoms with Crippen LogP contribution in [0, 0.1) is 5.82 Å². The Labute approximate surface area is 134 Å². The molecule has 0 unspecified atom stereocenters. The SMILES string of the molecule is C[C@H]1CN(C(=O)NCc2ccc(F)cn2)Cc2ccccc2O1. The molecule has 1 aromatic heterocycles. The van der Waals surface area contributed by atoms with Crippen molar-refractivity contribution in [3.05, 3.63) is 59.7 Å². The molecule has 2 amide bonds. The summed E-state index contributed by atoms with van der Waals surface area (Å²) < 4.78 is 18.7. The predicted octanol–water partition coefficient (Wildman–Crippen LogP) is 2.71.